The molecule has 0 N–H and O–H groups in total. The maximum atomic E-state index is 5.83. The van der Waals surface area contributed by atoms with Crippen LogP contribution < -0.4 is 9.64 Å². The monoisotopic (exact) mass is 365 g/mol. The van der Waals surface area contributed by atoms with Crippen LogP contribution in [0.15, 0.2) is 48.5 Å². The molecule has 2 heteroatoms. The molecular weight excluding hydrogens is 330 g/mol. The average molecular weight is 366 g/mol. The molecule has 2 nitrogen and oxygen atoms in total. The van der Waals surface area contributed by atoms with Gasteiger partial charge in [0.1, 0.15) is 5.75 Å². The molecule has 0 radical (unpaired) electrons. The molecule has 0 aromatic heterocycles. The van der Waals surface area contributed by atoms with Gasteiger partial charge in [-0.3, -0.25) is 0 Å². The molecule has 0 aliphatic heterocycles. The molecule has 0 atom stereocenters. The maximum absolute atomic E-state index is 5.83. The summed E-state index contributed by atoms with van der Waals surface area (Å²) in [6, 6.07) is 17.1. The average Bonchev–Trinajstić information content (AvgIpc) is 2.72. The lowest BCUT2D eigenvalue weighted by Crippen LogP contribution is -2.21. The number of hydrogen-bond acceptors (Lipinski definition) is 2. The number of anilines is 1. The van der Waals surface area contributed by atoms with Gasteiger partial charge >= 0.3 is 0 Å². The van der Waals surface area contributed by atoms with Gasteiger partial charge in [-0.15, -0.1) is 0 Å². The molecule has 0 aliphatic carbocycles. The number of rotatable bonds is 12. The molecule has 0 spiro atoms. The third kappa shape index (κ3) is 7.50. The Kier molecular flexibility index (Phi) is 9.54. The Balaban J connectivity index is 1.81. The van der Waals surface area contributed by atoms with Gasteiger partial charge < -0.3 is 9.64 Å². The predicted octanol–water partition coefficient (Wildman–Crippen LogP) is 7.05. The van der Waals surface area contributed by atoms with Gasteiger partial charge in [-0.05, 0) is 55.7 Å². The highest BCUT2D eigenvalue weighted by Gasteiger charge is 2.00. The second-order valence-electron chi connectivity index (χ2n) is 6.93. The molecule has 0 fully saturated rings. The van der Waals surface area contributed by atoms with Crippen LogP contribution in [0, 0.1) is 0 Å². The molecule has 2 aromatic carbocycles. The van der Waals surface area contributed by atoms with Crippen LogP contribution in [0.2, 0.25) is 0 Å². The van der Waals surface area contributed by atoms with Crippen LogP contribution in [-0.2, 0) is 0 Å². The Labute approximate surface area is 165 Å². The minimum atomic E-state index is 0.817. The zero-order valence-corrected chi connectivity index (χ0v) is 17.3. The second kappa shape index (κ2) is 12.2. The van der Waals surface area contributed by atoms with E-state index in [0.717, 1.165) is 31.9 Å². The summed E-state index contributed by atoms with van der Waals surface area (Å²) in [5, 5.41) is 0. The summed E-state index contributed by atoms with van der Waals surface area (Å²) in [4.78, 5) is 2.36. The van der Waals surface area contributed by atoms with E-state index in [1.807, 2.05) is 0 Å². The molecular formula is C25H35NO. The van der Waals surface area contributed by atoms with Crippen molar-refractivity contribution in [2.75, 3.05) is 24.6 Å². The Morgan fingerprint density at radius 3 is 1.81 bits per heavy atom. The lowest BCUT2D eigenvalue weighted by atomic mass is 10.1. The third-order valence-corrected chi connectivity index (χ3v) is 4.89. The Hall–Kier alpha value is -2.22. The smallest absolute Gasteiger partial charge is 0.119 e. The normalized spacial score (nSPS) is 11.1. The summed E-state index contributed by atoms with van der Waals surface area (Å²) >= 11 is 0. The van der Waals surface area contributed by atoms with E-state index in [2.05, 4.69) is 86.4 Å². The molecule has 0 aliphatic rings. The van der Waals surface area contributed by atoms with Crippen LogP contribution in [0.4, 0.5) is 5.69 Å². The predicted molar refractivity (Wildman–Crippen MR) is 120 cm³/mol. The molecule has 0 unspecified atom stereocenters. The molecule has 146 valence electrons. The van der Waals surface area contributed by atoms with Crippen molar-refractivity contribution in [3.05, 3.63) is 59.7 Å². The van der Waals surface area contributed by atoms with Crippen molar-refractivity contribution in [2.45, 2.75) is 52.9 Å². The van der Waals surface area contributed by atoms with Gasteiger partial charge in [0.05, 0.1) is 6.61 Å². The summed E-state index contributed by atoms with van der Waals surface area (Å²) in [6.45, 7) is 9.53. The molecule has 0 amide bonds. The van der Waals surface area contributed by atoms with Crippen LogP contribution in [0.5, 0.6) is 5.75 Å². The van der Waals surface area contributed by atoms with Crippen LogP contribution >= 0.6 is 0 Å². The summed E-state index contributed by atoms with van der Waals surface area (Å²) in [6.07, 6.45) is 10.7. The molecule has 0 bridgehead atoms. The Bertz CT molecular complexity index is 654. The van der Waals surface area contributed by atoms with E-state index >= 15 is 0 Å². The Morgan fingerprint density at radius 1 is 0.704 bits per heavy atom. The molecule has 0 saturated heterocycles. The van der Waals surface area contributed by atoms with Gasteiger partial charge in [-0.25, -0.2) is 0 Å². The van der Waals surface area contributed by atoms with Gasteiger partial charge in [-0.1, -0.05) is 69.0 Å². The van der Waals surface area contributed by atoms with E-state index in [-0.39, 0.29) is 0 Å². The first-order valence-corrected chi connectivity index (χ1v) is 10.5. The van der Waals surface area contributed by atoms with E-state index in [4.69, 9.17) is 4.74 Å². The number of ether oxygens (including phenoxy) is 1. The zero-order chi connectivity index (χ0) is 19.3. The van der Waals surface area contributed by atoms with E-state index in [1.54, 1.807) is 0 Å². The van der Waals surface area contributed by atoms with E-state index in [9.17, 15) is 0 Å². The first kappa shape index (κ1) is 21.1. The highest BCUT2D eigenvalue weighted by molar-refractivity contribution is 5.70. The minimum absolute atomic E-state index is 0.817. The largest absolute Gasteiger partial charge is 0.494 e. The van der Waals surface area contributed by atoms with Crippen molar-refractivity contribution >= 4 is 17.8 Å². The van der Waals surface area contributed by atoms with Crippen LogP contribution in [0.1, 0.15) is 64.0 Å². The first-order valence-electron chi connectivity index (χ1n) is 10.5. The van der Waals surface area contributed by atoms with Gasteiger partial charge in [0.25, 0.3) is 0 Å². The molecule has 27 heavy (non-hydrogen) atoms. The zero-order valence-electron chi connectivity index (χ0n) is 17.3. The highest BCUT2D eigenvalue weighted by atomic mass is 16.5. The number of nitrogens with zero attached hydrogens (tertiary/aromatic N) is 1. The van der Waals surface area contributed by atoms with Crippen LogP contribution in [0.25, 0.3) is 12.2 Å². The lowest BCUT2D eigenvalue weighted by molar-refractivity contribution is 0.304. The first-order chi connectivity index (χ1) is 13.3. The Morgan fingerprint density at radius 2 is 1.26 bits per heavy atom. The SMILES string of the molecule is CCCCCCCOc1ccc(/C=C/c2ccc(N(CC)CC)cc2)cc1. The van der Waals surface area contributed by atoms with Gasteiger partial charge in [0.15, 0.2) is 0 Å². The fraction of sp³-hybridized carbons (Fsp3) is 0.440. The van der Waals surface area contributed by atoms with Crippen molar-refractivity contribution in [2.24, 2.45) is 0 Å². The second-order valence-corrected chi connectivity index (χ2v) is 6.93. The van der Waals surface area contributed by atoms with Crippen molar-refractivity contribution in [3.8, 4) is 5.75 Å². The van der Waals surface area contributed by atoms with Crippen molar-refractivity contribution in [1.29, 1.82) is 0 Å². The summed E-state index contributed by atoms with van der Waals surface area (Å²) in [5.74, 6) is 0.964. The highest BCUT2D eigenvalue weighted by Crippen LogP contribution is 2.18. The summed E-state index contributed by atoms with van der Waals surface area (Å²) in [5.41, 5.74) is 3.70. The fourth-order valence-electron chi connectivity index (χ4n) is 3.15. The van der Waals surface area contributed by atoms with Gasteiger partial charge in [0, 0.05) is 18.8 Å². The van der Waals surface area contributed by atoms with Crippen LogP contribution in [0.3, 0.4) is 0 Å². The maximum Gasteiger partial charge on any atom is 0.119 e. The quantitative estimate of drug-likeness (QED) is 0.295. The van der Waals surface area contributed by atoms with Gasteiger partial charge in [-0.2, -0.15) is 0 Å². The number of unbranched alkanes of at least 4 members (excludes halogenated alkanes) is 4. The standard InChI is InChI=1S/C25H35NO/c1-4-7-8-9-10-21-27-25-19-15-23(16-20-25)12-11-22-13-17-24(18-14-22)26(5-2)6-3/h11-20H,4-10,21H2,1-3H3/b12-11+. The fourth-order valence-corrected chi connectivity index (χ4v) is 3.15. The van der Waals surface area contributed by atoms with Crippen LogP contribution in [-0.4, -0.2) is 19.7 Å². The lowest BCUT2D eigenvalue weighted by Gasteiger charge is -2.20. The van der Waals surface area contributed by atoms with Gasteiger partial charge in [0.2, 0.25) is 0 Å². The minimum Gasteiger partial charge on any atom is -0.494 e. The van der Waals surface area contributed by atoms with Crippen molar-refractivity contribution in [3.63, 3.8) is 0 Å². The molecule has 2 rings (SSSR count). The van der Waals surface area contributed by atoms with Crippen molar-refractivity contribution < 1.29 is 4.74 Å². The van der Waals surface area contributed by atoms with E-state index in [1.165, 1.54) is 42.5 Å². The summed E-state index contributed by atoms with van der Waals surface area (Å²) < 4.78 is 5.83. The van der Waals surface area contributed by atoms with E-state index in [0.29, 0.717) is 0 Å². The summed E-state index contributed by atoms with van der Waals surface area (Å²) in [7, 11) is 0. The van der Waals surface area contributed by atoms with Crippen molar-refractivity contribution in [1.82, 2.24) is 0 Å². The molecule has 0 heterocycles. The molecule has 2 aromatic rings. The topological polar surface area (TPSA) is 12.5 Å². The number of benzene rings is 2. The molecule has 0 saturated carbocycles. The third-order valence-electron chi connectivity index (χ3n) is 4.89. The van der Waals surface area contributed by atoms with E-state index < -0.39 is 0 Å². The number of hydrogen-bond donors (Lipinski definition) is 0.